The van der Waals surface area contributed by atoms with Gasteiger partial charge in [0, 0.05) is 30.9 Å². The van der Waals surface area contributed by atoms with Crippen molar-refractivity contribution in [1.82, 2.24) is 4.90 Å². The normalized spacial score (nSPS) is 16.1. The molecule has 0 radical (unpaired) electrons. The van der Waals surface area contributed by atoms with Gasteiger partial charge < -0.3 is 16.0 Å². The molecule has 1 aliphatic rings. The van der Waals surface area contributed by atoms with Crippen molar-refractivity contribution in [3.05, 3.63) is 29.3 Å². The van der Waals surface area contributed by atoms with Crippen LogP contribution in [0.15, 0.2) is 18.2 Å². The van der Waals surface area contributed by atoms with Gasteiger partial charge in [-0.05, 0) is 63.3 Å². The zero-order chi connectivity index (χ0) is 17.9. The van der Waals surface area contributed by atoms with Crippen LogP contribution in [0.3, 0.4) is 0 Å². The summed E-state index contributed by atoms with van der Waals surface area (Å²) in [6.07, 6.45) is 2.13. The average Bonchev–Trinajstić information content (AvgIpc) is 2.56. The van der Waals surface area contributed by atoms with E-state index in [1.165, 1.54) is 0 Å². The second-order valence-electron chi connectivity index (χ2n) is 7.55. The van der Waals surface area contributed by atoms with E-state index >= 15 is 0 Å². The van der Waals surface area contributed by atoms with Gasteiger partial charge in [0.2, 0.25) is 5.91 Å². The van der Waals surface area contributed by atoms with E-state index in [-0.39, 0.29) is 18.4 Å². The molecule has 24 heavy (non-hydrogen) atoms. The number of rotatable bonds is 4. The summed E-state index contributed by atoms with van der Waals surface area (Å²) >= 11 is 0. The van der Waals surface area contributed by atoms with Crippen LogP contribution in [0.5, 0.6) is 0 Å². The Hall–Kier alpha value is -1.88. The number of likely N-dealkylation sites (tertiary alicyclic amines) is 1. The van der Waals surface area contributed by atoms with Crippen LogP contribution in [0.1, 0.15) is 49.5 Å². The summed E-state index contributed by atoms with van der Waals surface area (Å²) in [5.41, 5.74) is 7.31. The summed E-state index contributed by atoms with van der Waals surface area (Å²) in [6.45, 7) is 9.68. The Morgan fingerprint density at radius 2 is 1.92 bits per heavy atom. The van der Waals surface area contributed by atoms with E-state index in [2.05, 4.69) is 12.2 Å². The lowest BCUT2D eigenvalue weighted by atomic mass is 9.92. The van der Waals surface area contributed by atoms with E-state index in [1.807, 2.05) is 31.7 Å². The van der Waals surface area contributed by atoms with Gasteiger partial charge in [0.05, 0.1) is 5.41 Å². The average molecular weight is 331 g/mol. The quantitative estimate of drug-likeness (QED) is 0.891. The summed E-state index contributed by atoms with van der Waals surface area (Å²) in [7, 11) is 0. The number of carbonyl (C=O) groups is 2. The molecule has 0 saturated carbocycles. The summed E-state index contributed by atoms with van der Waals surface area (Å²) in [5.74, 6) is 0.654. The van der Waals surface area contributed by atoms with Crippen molar-refractivity contribution in [1.29, 1.82) is 0 Å². The molecule has 0 aromatic heterocycles. The van der Waals surface area contributed by atoms with Crippen LogP contribution in [-0.2, 0) is 4.79 Å². The molecule has 5 heteroatoms. The van der Waals surface area contributed by atoms with Crippen molar-refractivity contribution in [3.63, 3.8) is 0 Å². The van der Waals surface area contributed by atoms with Crippen LogP contribution in [0.2, 0.25) is 0 Å². The Morgan fingerprint density at radius 1 is 1.29 bits per heavy atom. The largest absolute Gasteiger partial charge is 0.339 e. The number of nitrogens with two attached hydrogens (primary N) is 1. The summed E-state index contributed by atoms with van der Waals surface area (Å²) < 4.78 is 0. The molecule has 1 aromatic rings. The lowest BCUT2D eigenvalue weighted by Crippen LogP contribution is -2.38. The highest BCUT2D eigenvalue weighted by atomic mass is 16.2. The highest BCUT2D eigenvalue weighted by Crippen LogP contribution is 2.23. The Bertz CT molecular complexity index is 617. The molecule has 1 fully saturated rings. The SMILES string of the molecule is Cc1cc(C(=O)N2CCC(C)CC2)ccc1NC(=O)C(C)(C)CN. The second-order valence-corrected chi connectivity index (χ2v) is 7.55. The number of anilines is 1. The number of benzene rings is 1. The van der Waals surface area contributed by atoms with Gasteiger partial charge in [0.1, 0.15) is 0 Å². The van der Waals surface area contributed by atoms with Crippen LogP contribution in [0.4, 0.5) is 5.69 Å². The lowest BCUT2D eigenvalue weighted by Gasteiger charge is -2.30. The van der Waals surface area contributed by atoms with Crippen LogP contribution in [0, 0.1) is 18.3 Å². The monoisotopic (exact) mass is 331 g/mol. The summed E-state index contributed by atoms with van der Waals surface area (Å²) in [4.78, 5) is 26.8. The molecule has 0 bridgehead atoms. The van der Waals surface area contributed by atoms with Gasteiger partial charge in [-0.2, -0.15) is 0 Å². The van der Waals surface area contributed by atoms with Gasteiger partial charge in [-0.15, -0.1) is 0 Å². The van der Waals surface area contributed by atoms with Crippen molar-refractivity contribution < 1.29 is 9.59 Å². The zero-order valence-corrected chi connectivity index (χ0v) is 15.2. The number of piperidine rings is 1. The fourth-order valence-electron chi connectivity index (χ4n) is 2.72. The standard InChI is InChI=1S/C19H29N3O2/c1-13-7-9-22(10-8-13)17(23)15-5-6-16(14(2)11-15)21-18(24)19(3,4)12-20/h5-6,11,13H,7-10,12,20H2,1-4H3,(H,21,24). The van der Waals surface area contributed by atoms with Crippen molar-refractivity contribution >= 4 is 17.5 Å². The van der Waals surface area contributed by atoms with E-state index in [4.69, 9.17) is 5.73 Å². The van der Waals surface area contributed by atoms with Gasteiger partial charge in [-0.25, -0.2) is 0 Å². The van der Waals surface area contributed by atoms with E-state index in [9.17, 15) is 9.59 Å². The van der Waals surface area contributed by atoms with Gasteiger partial charge in [-0.1, -0.05) is 6.92 Å². The zero-order valence-electron chi connectivity index (χ0n) is 15.2. The van der Waals surface area contributed by atoms with Crippen molar-refractivity contribution in [2.75, 3.05) is 25.0 Å². The summed E-state index contributed by atoms with van der Waals surface area (Å²) in [5, 5.41) is 2.91. The van der Waals surface area contributed by atoms with Crippen molar-refractivity contribution in [3.8, 4) is 0 Å². The maximum atomic E-state index is 12.6. The molecule has 1 aromatic carbocycles. The number of carbonyl (C=O) groups excluding carboxylic acids is 2. The number of aryl methyl sites for hydroxylation is 1. The Kier molecular flexibility index (Phi) is 5.65. The number of nitrogens with one attached hydrogen (secondary N) is 1. The maximum absolute atomic E-state index is 12.6. The lowest BCUT2D eigenvalue weighted by molar-refractivity contribution is -0.123. The fourth-order valence-corrected chi connectivity index (χ4v) is 2.72. The van der Waals surface area contributed by atoms with E-state index in [0.717, 1.165) is 37.2 Å². The van der Waals surface area contributed by atoms with Gasteiger partial charge in [0.25, 0.3) is 5.91 Å². The molecule has 2 rings (SSSR count). The molecule has 3 N–H and O–H groups in total. The highest BCUT2D eigenvalue weighted by molar-refractivity contribution is 5.98. The predicted octanol–water partition coefficient (Wildman–Crippen LogP) is 2.79. The first kappa shape index (κ1) is 18.5. The highest BCUT2D eigenvalue weighted by Gasteiger charge is 2.26. The van der Waals surface area contributed by atoms with E-state index < -0.39 is 5.41 Å². The number of nitrogens with zero attached hydrogens (tertiary/aromatic N) is 1. The molecule has 1 heterocycles. The van der Waals surface area contributed by atoms with Gasteiger partial charge in [0.15, 0.2) is 0 Å². The molecule has 1 saturated heterocycles. The van der Waals surface area contributed by atoms with E-state index in [0.29, 0.717) is 11.5 Å². The van der Waals surface area contributed by atoms with Crippen molar-refractivity contribution in [2.24, 2.45) is 17.1 Å². The first-order valence-corrected chi connectivity index (χ1v) is 8.66. The first-order chi connectivity index (χ1) is 11.2. The van der Waals surface area contributed by atoms with Crippen molar-refractivity contribution in [2.45, 2.75) is 40.5 Å². The smallest absolute Gasteiger partial charge is 0.253 e. The number of hydrogen-bond donors (Lipinski definition) is 2. The number of amides is 2. The second kappa shape index (κ2) is 7.34. The molecule has 2 amide bonds. The molecular formula is C19H29N3O2. The topological polar surface area (TPSA) is 75.4 Å². The third kappa shape index (κ3) is 4.15. The Balaban J connectivity index is 2.09. The predicted molar refractivity (Wildman–Crippen MR) is 96.9 cm³/mol. The third-order valence-electron chi connectivity index (χ3n) is 4.92. The minimum absolute atomic E-state index is 0.0742. The molecule has 1 aliphatic heterocycles. The van der Waals surface area contributed by atoms with Crippen LogP contribution >= 0.6 is 0 Å². The van der Waals surface area contributed by atoms with Gasteiger partial charge >= 0.3 is 0 Å². The van der Waals surface area contributed by atoms with Crippen LogP contribution in [-0.4, -0.2) is 36.3 Å². The molecule has 132 valence electrons. The minimum Gasteiger partial charge on any atom is -0.339 e. The van der Waals surface area contributed by atoms with Crippen LogP contribution < -0.4 is 11.1 Å². The molecule has 5 nitrogen and oxygen atoms in total. The Labute approximate surface area is 144 Å². The third-order valence-corrected chi connectivity index (χ3v) is 4.92. The fraction of sp³-hybridized carbons (Fsp3) is 0.579. The molecule has 0 spiro atoms. The molecule has 0 unspecified atom stereocenters. The molecule has 0 aliphatic carbocycles. The molecule has 0 atom stereocenters. The van der Waals surface area contributed by atoms with Crippen LogP contribution in [0.25, 0.3) is 0 Å². The number of hydrogen-bond acceptors (Lipinski definition) is 3. The Morgan fingerprint density at radius 3 is 2.46 bits per heavy atom. The summed E-state index contributed by atoms with van der Waals surface area (Å²) in [6, 6.07) is 5.45. The first-order valence-electron chi connectivity index (χ1n) is 8.66. The molecular weight excluding hydrogens is 302 g/mol. The minimum atomic E-state index is -0.620. The maximum Gasteiger partial charge on any atom is 0.253 e. The van der Waals surface area contributed by atoms with Gasteiger partial charge in [-0.3, -0.25) is 9.59 Å². The van der Waals surface area contributed by atoms with E-state index in [1.54, 1.807) is 12.1 Å².